The number of nitrogens with zero attached hydrogens (tertiary/aromatic N) is 3. The van der Waals surface area contributed by atoms with Gasteiger partial charge in [-0.1, -0.05) is 194 Å². The van der Waals surface area contributed by atoms with Crippen LogP contribution in [0.15, 0.2) is 212 Å². The molecular formula is C58H35N3S2. The number of fused-ring (bicyclic) bond motifs is 9. The summed E-state index contributed by atoms with van der Waals surface area (Å²) in [5.41, 5.74) is 3.36. The highest BCUT2D eigenvalue weighted by Gasteiger charge is 2.47. The maximum atomic E-state index is 9.50. The molecule has 0 saturated heterocycles. The normalized spacial score (nSPS) is 15.1. The smallest absolute Gasteiger partial charge is 0.165 e. The van der Waals surface area contributed by atoms with E-state index in [4.69, 9.17) is 23.2 Å². The van der Waals surface area contributed by atoms with Gasteiger partial charge in [0.2, 0.25) is 0 Å². The van der Waals surface area contributed by atoms with Gasteiger partial charge in [-0.2, -0.15) is 0 Å². The van der Waals surface area contributed by atoms with E-state index in [-0.39, 0.29) is 17.0 Å². The lowest BCUT2D eigenvalue weighted by Crippen LogP contribution is -2.28. The van der Waals surface area contributed by atoms with Crippen molar-refractivity contribution >= 4 is 63.0 Å². The van der Waals surface area contributed by atoms with Gasteiger partial charge < -0.3 is 0 Å². The fourth-order valence-electron chi connectivity index (χ4n) is 9.50. The fraction of sp³-hybridized carbons (Fsp3) is 0.0172. The molecular weight excluding hydrogens is 803 g/mol. The molecule has 3 aromatic heterocycles. The standard InChI is InChI=1S/C58H35N3S2/c1-3-16-38(17-4-1)58(39-18-5-2-6-19-39)48-28-10-7-22-45(48)52-46(26-15-29-49(52)58)56-59-55(60-57(61-56)47-27-14-25-44-42-21-9-12-31-51(42)63-54(44)47)37-34-32-36(33-35-37)40-23-13-24-43-41-20-8-11-30-50(41)62-53(40)43/h1-35H/i1D,2D,3D,4D,5D,6D,16D,17D,18D,19D. The lowest BCUT2D eigenvalue weighted by atomic mass is 9.67. The van der Waals surface area contributed by atoms with Gasteiger partial charge in [0.25, 0.3) is 0 Å². The summed E-state index contributed by atoms with van der Waals surface area (Å²) < 4.78 is 95.3. The van der Waals surface area contributed by atoms with Crippen LogP contribution in [0.1, 0.15) is 36.0 Å². The summed E-state index contributed by atoms with van der Waals surface area (Å²) in [4.78, 5) is 15.8. The van der Waals surface area contributed by atoms with Crippen LogP contribution in [0.5, 0.6) is 0 Å². The average Bonchev–Trinajstić information content (AvgIpc) is 4.10. The van der Waals surface area contributed by atoms with Crippen molar-refractivity contribution in [2.45, 2.75) is 5.41 Å². The third kappa shape index (κ3) is 5.47. The first-order valence-corrected chi connectivity index (χ1v) is 22.1. The molecule has 9 aromatic carbocycles. The molecule has 0 atom stereocenters. The lowest BCUT2D eigenvalue weighted by Gasteiger charge is -2.33. The average molecular weight is 848 g/mol. The van der Waals surface area contributed by atoms with Gasteiger partial charge in [-0.25, -0.2) is 15.0 Å². The molecule has 0 saturated carbocycles. The predicted molar refractivity (Wildman–Crippen MR) is 265 cm³/mol. The van der Waals surface area contributed by atoms with E-state index in [0.29, 0.717) is 39.5 Å². The SMILES string of the molecule is [2H]c1c([2H])c([2H])c(C2(c3c([2H])c([2H])c([2H])c([2H])c3[2H])c3ccccc3-c3c(-c4nc(-c5ccc(-c6cccc7c6sc6ccccc67)cc5)nc(-c5cccc6c5sc5ccccc56)n4)cccc32)c([2H])c1[2H]. The molecule has 5 heteroatoms. The van der Waals surface area contributed by atoms with E-state index in [0.717, 1.165) is 42.4 Å². The molecule has 1 aliphatic carbocycles. The highest BCUT2D eigenvalue weighted by molar-refractivity contribution is 7.26. The molecule has 0 spiro atoms. The predicted octanol–water partition coefficient (Wildman–Crippen LogP) is 15.6. The molecule has 0 N–H and O–H groups in total. The number of benzene rings is 9. The Bertz CT molecular complexity index is 4230. The van der Waals surface area contributed by atoms with Crippen molar-refractivity contribution in [2.24, 2.45) is 0 Å². The zero-order valence-corrected chi connectivity index (χ0v) is 34.7. The van der Waals surface area contributed by atoms with E-state index < -0.39 is 65.8 Å². The first-order valence-electron chi connectivity index (χ1n) is 25.4. The summed E-state index contributed by atoms with van der Waals surface area (Å²) >= 11 is 3.41. The maximum absolute atomic E-state index is 9.50. The highest BCUT2D eigenvalue weighted by Crippen LogP contribution is 2.58. The van der Waals surface area contributed by atoms with Crippen molar-refractivity contribution in [1.29, 1.82) is 0 Å². The van der Waals surface area contributed by atoms with Crippen LogP contribution in [-0.4, -0.2) is 15.0 Å². The van der Waals surface area contributed by atoms with Gasteiger partial charge in [0, 0.05) is 57.0 Å². The van der Waals surface area contributed by atoms with E-state index in [9.17, 15) is 5.48 Å². The quantitative estimate of drug-likeness (QED) is 0.167. The summed E-state index contributed by atoms with van der Waals surface area (Å²) in [6.45, 7) is 0. The molecule has 12 aromatic rings. The molecule has 0 unspecified atom stereocenters. The molecule has 1 aliphatic rings. The number of rotatable bonds is 6. The van der Waals surface area contributed by atoms with Gasteiger partial charge in [0.05, 0.1) is 19.1 Å². The van der Waals surface area contributed by atoms with Gasteiger partial charge in [0.15, 0.2) is 17.5 Å². The van der Waals surface area contributed by atoms with Crippen LogP contribution in [0.4, 0.5) is 0 Å². The molecule has 3 nitrogen and oxygen atoms in total. The molecule has 0 aliphatic heterocycles. The second-order valence-corrected chi connectivity index (χ2v) is 17.6. The maximum Gasteiger partial charge on any atom is 0.165 e. The molecule has 0 fully saturated rings. The van der Waals surface area contributed by atoms with Crippen molar-refractivity contribution in [3.63, 3.8) is 0 Å². The Morgan fingerprint density at radius 3 is 1.49 bits per heavy atom. The van der Waals surface area contributed by atoms with E-state index in [1.54, 1.807) is 46.9 Å². The zero-order valence-electron chi connectivity index (χ0n) is 43.1. The summed E-state index contributed by atoms with van der Waals surface area (Å²) in [5.74, 6) is 1.06. The van der Waals surface area contributed by atoms with E-state index in [1.165, 1.54) is 20.2 Å². The van der Waals surface area contributed by atoms with Crippen molar-refractivity contribution in [3.8, 4) is 56.4 Å². The Morgan fingerprint density at radius 1 is 0.365 bits per heavy atom. The Morgan fingerprint density at radius 2 is 0.825 bits per heavy atom. The molecule has 0 bridgehead atoms. The Hall–Kier alpha value is -7.57. The highest BCUT2D eigenvalue weighted by atomic mass is 32.1. The Labute approximate surface area is 386 Å². The summed E-state index contributed by atoms with van der Waals surface area (Å²) in [6, 6.07) is 43.7. The summed E-state index contributed by atoms with van der Waals surface area (Å²) in [6.07, 6.45) is 0. The number of hydrogen-bond donors (Lipinski definition) is 0. The zero-order chi connectivity index (χ0) is 50.2. The van der Waals surface area contributed by atoms with Gasteiger partial charge in [-0.05, 0) is 62.7 Å². The topological polar surface area (TPSA) is 38.7 Å². The van der Waals surface area contributed by atoms with Gasteiger partial charge in [0.1, 0.15) is 0 Å². The second kappa shape index (κ2) is 14.2. The molecule has 0 radical (unpaired) electrons. The van der Waals surface area contributed by atoms with Gasteiger partial charge in [-0.3, -0.25) is 0 Å². The molecule has 294 valence electrons. The number of thiophene rings is 2. The second-order valence-electron chi connectivity index (χ2n) is 15.5. The van der Waals surface area contributed by atoms with Crippen molar-refractivity contribution in [3.05, 3.63) is 234 Å². The van der Waals surface area contributed by atoms with Crippen LogP contribution in [0.2, 0.25) is 0 Å². The Balaban J connectivity index is 1.09. The van der Waals surface area contributed by atoms with Gasteiger partial charge in [-0.15, -0.1) is 22.7 Å². The van der Waals surface area contributed by atoms with Crippen LogP contribution < -0.4 is 0 Å². The van der Waals surface area contributed by atoms with Crippen LogP contribution in [0.3, 0.4) is 0 Å². The van der Waals surface area contributed by atoms with E-state index >= 15 is 0 Å². The Kier molecular flexibility index (Phi) is 6.19. The molecule has 13 rings (SSSR count). The molecule has 3 heterocycles. The largest absolute Gasteiger partial charge is 0.208 e. The third-order valence-corrected chi connectivity index (χ3v) is 14.6. The van der Waals surface area contributed by atoms with Crippen LogP contribution >= 0.6 is 22.7 Å². The van der Waals surface area contributed by atoms with Crippen molar-refractivity contribution < 1.29 is 13.7 Å². The number of hydrogen-bond acceptors (Lipinski definition) is 5. The van der Waals surface area contributed by atoms with Gasteiger partial charge >= 0.3 is 0 Å². The summed E-state index contributed by atoms with van der Waals surface area (Å²) in [5, 5.41) is 4.58. The van der Waals surface area contributed by atoms with Crippen LogP contribution in [0.25, 0.3) is 96.8 Å². The summed E-state index contributed by atoms with van der Waals surface area (Å²) in [7, 11) is 0. The van der Waals surface area contributed by atoms with Crippen molar-refractivity contribution in [1.82, 2.24) is 15.0 Å². The van der Waals surface area contributed by atoms with E-state index in [1.807, 2.05) is 54.6 Å². The first kappa shape index (κ1) is 27.4. The monoisotopic (exact) mass is 847 g/mol. The number of aromatic nitrogens is 3. The minimum Gasteiger partial charge on any atom is -0.208 e. The molecule has 63 heavy (non-hydrogen) atoms. The fourth-order valence-corrected chi connectivity index (χ4v) is 11.9. The third-order valence-electron chi connectivity index (χ3n) is 12.2. The lowest BCUT2D eigenvalue weighted by molar-refractivity contribution is 0.768. The minimum absolute atomic E-state index is 0.250. The van der Waals surface area contributed by atoms with Crippen molar-refractivity contribution in [2.75, 3.05) is 0 Å². The first-order chi connectivity index (χ1) is 35.4. The van der Waals surface area contributed by atoms with Crippen LogP contribution in [-0.2, 0) is 5.41 Å². The molecule has 0 amide bonds. The van der Waals surface area contributed by atoms with Crippen LogP contribution in [0, 0.1) is 0 Å². The minimum atomic E-state index is -2.03. The van der Waals surface area contributed by atoms with E-state index in [2.05, 4.69) is 72.8 Å².